The summed E-state index contributed by atoms with van der Waals surface area (Å²) in [6, 6.07) is 8.10. The second-order valence-corrected chi connectivity index (χ2v) is 6.40. The van der Waals surface area contributed by atoms with Gasteiger partial charge >= 0.3 is 6.09 Å². The number of fused-ring (bicyclic) bond motifs is 1. The van der Waals surface area contributed by atoms with Crippen molar-refractivity contribution in [2.75, 3.05) is 19.7 Å². The molecule has 1 fully saturated rings. The molecule has 1 unspecified atom stereocenters. The van der Waals surface area contributed by atoms with Crippen LogP contribution in [0.25, 0.3) is 10.9 Å². The van der Waals surface area contributed by atoms with E-state index in [2.05, 4.69) is 16.4 Å². The van der Waals surface area contributed by atoms with E-state index >= 15 is 0 Å². The Hall–Kier alpha value is -2.50. The summed E-state index contributed by atoms with van der Waals surface area (Å²) in [7, 11) is 0. The van der Waals surface area contributed by atoms with Crippen LogP contribution in [0.4, 0.5) is 4.79 Å². The van der Waals surface area contributed by atoms with Gasteiger partial charge in [0.25, 0.3) is 0 Å². The van der Waals surface area contributed by atoms with E-state index in [9.17, 15) is 9.59 Å². The van der Waals surface area contributed by atoms with Gasteiger partial charge in [0, 0.05) is 42.7 Å². The van der Waals surface area contributed by atoms with E-state index in [4.69, 9.17) is 4.74 Å². The van der Waals surface area contributed by atoms with Crippen LogP contribution in [0.1, 0.15) is 31.7 Å². The first-order chi connectivity index (χ1) is 12.2. The first kappa shape index (κ1) is 17.3. The lowest BCUT2D eigenvalue weighted by Crippen LogP contribution is -2.49. The molecule has 0 radical (unpaired) electrons. The lowest BCUT2D eigenvalue weighted by Gasteiger charge is -2.33. The number of para-hydroxylation sites is 1. The normalized spacial score (nSPS) is 17.5. The lowest BCUT2D eigenvalue weighted by atomic mass is 10.0. The molecule has 1 aromatic carbocycles. The maximum atomic E-state index is 12.6. The van der Waals surface area contributed by atoms with Gasteiger partial charge in [-0.1, -0.05) is 18.2 Å². The van der Waals surface area contributed by atoms with Crippen LogP contribution < -0.4 is 5.32 Å². The summed E-state index contributed by atoms with van der Waals surface area (Å²) in [6.07, 6.45) is 4.56. The highest BCUT2D eigenvalue weighted by Crippen LogP contribution is 2.20. The Morgan fingerprint density at radius 3 is 3.04 bits per heavy atom. The number of hydrogen-bond acceptors (Lipinski definition) is 3. The average Bonchev–Trinajstić information content (AvgIpc) is 3.03. The molecule has 1 saturated heterocycles. The Balaban J connectivity index is 1.53. The highest BCUT2D eigenvalue weighted by atomic mass is 16.5. The molecule has 3 rings (SSSR count). The highest BCUT2D eigenvalue weighted by molar-refractivity contribution is 5.84. The zero-order valence-corrected chi connectivity index (χ0v) is 14.6. The van der Waals surface area contributed by atoms with E-state index in [0.717, 1.165) is 31.3 Å². The number of alkyl carbamates (subject to hydrolysis) is 1. The second kappa shape index (κ2) is 8.05. The Morgan fingerprint density at radius 1 is 1.36 bits per heavy atom. The number of hydrogen-bond donors (Lipinski definition) is 2. The number of rotatable bonds is 5. The minimum Gasteiger partial charge on any atom is -0.450 e. The number of ether oxygens (including phenoxy) is 1. The van der Waals surface area contributed by atoms with Crippen molar-refractivity contribution < 1.29 is 14.3 Å². The molecule has 2 N–H and O–H groups in total. The summed E-state index contributed by atoms with van der Waals surface area (Å²) >= 11 is 0. The number of benzene rings is 1. The SMILES string of the molecule is CCOC(=O)NC1CCCN(C(=O)CCc2c[nH]c3ccccc23)C1. The van der Waals surface area contributed by atoms with E-state index in [-0.39, 0.29) is 11.9 Å². The predicted molar refractivity (Wildman–Crippen MR) is 96.4 cm³/mol. The Kier molecular flexibility index (Phi) is 5.58. The topological polar surface area (TPSA) is 74.4 Å². The fourth-order valence-electron chi connectivity index (χ4n) is 3.40. The van der Waals surface area contributed by atoms with Gasteiger partial charge in [0.05, 0.1) is 6.61 Å². The van der Waals surface area contributed by atoms with Gasteiger partial charge in [-0.3, -0.25) is 4.79 Å². The number of nitrogens with one attached hydrogen (secondary N) is 2. The molecule has 1 atom stereocenters. The molecule has 0 spiro atoms. The van der Waals surface area contributed by atoms with Crippen molar-refractivity contribution >= 4 is 22.9 Å². The molecule has 0 saturated carbocycles. The third-order valence-electron chi connectivity index (χ3n) is 4.65. The molecule has 134 valence electrons. The predicted octanol–water partition coefficient (Wildman–Crippen LogP) is 2.84. The third kappa shape index (κ3) is 4.32. The van der Waals surface area contributed by atoms with E-state index in [1.54, 1.807) is 6.92 Å². The van der Waals surface area contributed by atoms with Gasteiger partial charge in [0.15, 0.2) is 0 Å². The van der Waals surface area contributed by atoms with Crippen molar-refractivity contribution in [1.82, 2.24) is 15.2 Å². The number of aryl methyl sites for hydroxylation is 1. The van der Waals surface area contributed by atoms with Crippen LogP contribution in [0.3, 0.4) is 0 Å². The number of carbonyl (C=O) groups excluding carboxylic acids is 2. The fraction of sp³-hybridized carbons (Fsp3) is 0.474. The molecule has 1 aliphatic heterocycles. The van der Waals surface area contributed by atoms with Crippen LogP contribution in [0.5, 0.6) is 0 Å². The Bertz CT molecular complexity index is 740. The standard InChI is InChI=1S/C19H25N3O3/c1-2-25-19(24)21-15-6-5-11-22(13-15)18(23)10-9-14-12-20-17-8-4-3-7-16(14)17/h3-4,7-8,12,15,20H,2,5-6,9-11,13H2,1H3,(H,21,24). The summed E-state index contributed by atoms with van der Waals surface area (Å²) in [6.45, 7) is 3.45. The molecule has 2 amide bonds. The van der Waals surface area contributed by atoms with Gasteiger partial charge in [-0.15, -0.1) is 0 Å². The number of aromatic amines is 1. The number of aromatic nitrogens is 1. The molecule has 2 heterocycles. The van der Waals surface area contributed by atoms with E-state index in [1.165, 1.54) is 10.9 Å². The van der Waals surface area contributed by atoms with Crippen LogP contribution in [0, 0.1) is 0 Å². The van der Waals surface area contributed by atoms with Crippen LogP contribution in [-0.4, -0.2) is 47.6 Å². The molecular formula is C19H25N3O3. The summed E-state index contributed by atoms with van der Waals surface area (Å²) in [5, 5.41) is 4.02. The zero-order valence-electron chi connectivity index (χ0n) is 14.6. The van der Waals surface area contributed by atoms with Gasteiger partial charge in [-0.25, -0.2) is 4.79 Å². The van der Waals surface area contributed by atoms with Gasteiger partial charge < -0.3 is 19.9 Å². The largest absolute Gasteiger partial charge is 0.450 e. The minimum atomic E-state index is -0.402. The van der Waals surface area contributed by atoms with Crippen molar-refractivity contribution in [2.24, 2.45) is 0 Å². The maximum absolute atomic E-state index is 12.6. The average molecular weight is 343 g/mol. The van der Waals surface area contributed by atoms with Gasteiger partial charge in [-0.2, -0.15) is 0 Å². The lowest BCUT2D eigenvalue weighted by molar-refractivity contribution is -0.132. The highest BCUT2D eigenvalue weighted by Gasteiger charge is 2.25. The fourth-order valence-corrected chi connectivity index (χ4v) is 3.40. The first-order valence-electron chi connectivity index (χ1n) is 8.93. The summed E-state index contributed by atoms with van der Waals surface area (Å²) in [4.78, 5) is 29.2. The smallest absolute Gasteiger partial charge is 0.407 e. The van der Waals surface area contributed by atoms with Crippen molar-refractivity contribution in [1.29, 1.82) is 0 Å². The summed E-state index contributed by atoms with van der Waals surface area (Å²) in [5.41, 5.74) is 2.27. The van der Waals surface area contributed by atoms with Crippen LogP contribution >= 0.6 is 0 Å². The maximum Gasteiger partial charge on any atom is 0.407 e. The molecule has 25 heavy (non-hydrogen) atoms. The van der Waals surface area contributed by atoms with E-state index in [0.29, 0.717) is 19.6 Å². The molecular weight excluding hydrogens is 318 g/mol. The van der Waals surface area contributed by atoms with Gasteiger partial charge in [0.2, 0.25) is 5.91 Å². The summed E-state index contributed by atoms with van der Waals surface area (Å²) < 4.78 is 4.92. The minimum absolute atomic E-state index is 0.0233. The molecule has 0 bridgehead atoms. The second-order valence-electron chi connectivity index (χ2n) is 6.40. The molecule has 0 aliphatic carbocycles. The Labute approximate surface area is 147 Å². The van der Waals surface area contributed by atoms with Crippen molar-refractivity contribution in [3.8, 4) is 0 Å². The number of amides is 2. The van der Waals surface area contributed by atoms with Crippen LogP contribution in [0.2, 0.25) is 0 Å². The van der Waals surface area contributed by atoms with E-state index < -0.39 is 6.09 Å². The quantitative estimate of drug-likeness (QED) is 0.877. The van der Waals surface area contributed by atoms with Crippen molar-refractivity contribution in [3.05, 3.63) is 36.0 Å². The zero-order chi connectivity index (χ0) is 17.6. The molecule has 2 aromatic rings. The van der Waals surface area contributed by atoms with E-state index in [1.807, 2.05) is 29.3 Å². The van der Waals surface area contributed by atoms with Crippen molar-refractivity contribution in [3.63, 3.8) is 0 Å². The first-order valence-corrected chi connectivity index (χ1v) is 8.93. The molecule has 6 nitrogen and oxygen atoms in total. The van der Waals surface area contributed by atoms with Crippen molar-refractivity contribution in [2.45, 2.75) is 38.6 Å². The van der Waals surface area contributed by atoms with Crippen LogP contribution in [-0.2, 0) is 16.0 Å². The number of piperidine rings is 1. The molecule has 1 aliphatic rings. The third-order valence-corrected chi connectivity index (χ3v) is 4.65. The van der Waals surface area contributed by atoms with Gasteiger partial charge in [0.1, 0.15) is 0 Å². The number of likely N-dealkylation sites (tertiary alicyclic amines) is 1. The molecule has 1 aromatic heterocycles. The number of carbonyl (C=O) groups is 2. The summed E-state index contributed by atoms with van der Waals surface area (Å²) in [5.74, 6) is 0.139. The Morgan fingerprint density at radius 2 is 2.20 bits per heavy atom. The monoisotopic (exact) mass is 343 g/mol. The van der Waals surface area contributed by atoms with Crippen LogP contribution in [0.15, 0.2) is 30.5 Å². The number of nitrogens with zero attached hydrogens (tertiary/aromatic N) is 1. The number of H-pyrrole nitrogens is 1. The van der Waals surface area contributed by atoms with Gasteiger partial charge in [-0.05, 0) is 37.8 Å². The molecule has 6 heteroatoms.